The molecule has 4 aromatic carbocycles. The van der Waals surface area contributed by atoms with Gasteiger partial charge in [-0.2, -0.15) is 0 Å². The normalized spacial score (nSPS) is 11.8. The van der Waals surface area contributed by atoms with Crippen molar-refractivity contribution in [2.45, 2.75) is 17.1 Å². The smallest absolute Gasteiger partial charge is 0.272 e. The molecule has 1 unspecified atom stereocenters. The molecule has 1 atom stereocenters. The average Bonchev–Trinajstić information content (AvgIpc) is 3.53. The molecular formula is C34H26Cl2N4O3S2. The average molecular weight is 674 g/mol. The first-order valence-corrected chi connectivity index (χ1v) is 16.2. The molecular weight excluding hydrogens is 647 g/mol. The molecule has 1 aromatic heterocycles. The number of thiazole rings is 1. The second-order valence-corrected chi connectivity index (χ2v) is 12.7. The Labute approximate surface area is 278 Å². The first-order valence-electron chi connectivity index (χ1n) is 13.7. The van der Waals surface area contributed by atoms with E-state index in [1.807, 2.05) is 42.6 Å². The van der Waals surface area contributed by atoms with E-state index in [9.17, 15) is 14.4 Å². The highest BCUT2D eigenvalue weighted by molar-refractivity contribution is 8.00. The first-order chi connectivity index (χ1) is 21.8. The Morgan fingerprint density at radius 1 is 0.844 bits per heavy atom. The van der Waals surface area contributed by atoms with Crippen molar-refractivity contribution >= 4 is 80.9 Å². The van der Waals surface area contributed by atoms with E-state index in [0.29, 0.717) is 27.0 Å². The van der Waals surface area contributed by atoms with Gasteiger partial charge < -0.3 is 16.0 Å². The van der Waals surface area contributed by atoms with Crippen molar-refractivity contribution in [3.63, 3.8) is 0 Å². The molecule has 11 heteroatoms. The summed E-state index contributed by atoms with van der Waals surface area (Å²) in [5, 5.41) is 11.0. The van der Waals surface area contributed by atoms with Gasteiger partial charge in [0, 0.05) is 27.1 Å². The third-order valence-electron chi connectivity index (χ3n) is 6.41. The van der Waals surface area contributed by atoms with Crippen LogP contribution in [-0.2, 0) is 9.59 Å². The van der Waals surface area contributed by atoms with Crippen LogP contribution in [0.15, 0.2) is 119 Å². The number of carbonyl (C=O) groups excluding carboxylic acids is 3. The van der Waals surface area contributed by atoms with Crippen LogP contribution in [0.3, 0.4) is 0 Å². The van der Waals surface area contributed by atoms with E-state index in [1.54, 1.807) is 72.8 Å². The van der Waals surface area contributed by atoms with Gasteiger partial charge >= 0.3 is 0 Å². The molecule has 0 aliphatic carbocycles. The maximum absolute atomic E-state index is 13.4. The summed E-state index contributed by atoms with van der Waals surface area (Å²) in [5.41, 5.74) is 3.12. The van der Waals surface area contributed by atoms with Gasteiger partial charge in [0.2, 0.25) is 5.91 Å². The molecule has 1 heterocycles. The Morgan fingerprint density at radius 2 is 1.53 bits per heavy atom. The van der Waals surface area contributed by atoms with Crippen molar-refractivity contribution in [1.29, 1.82) is 0 Å². The quantitative estimate of drug-likeness (QED) is 0.102. The molecule has 0 bridgehead atoms. The molecule has 226 valence electrons. The zero-order valence-corrected chi connectivity index (χ0v) is 26.9. The van der Waals surface area contributed by atoms with Gasteiger partial charge in [0.15, 0.2) is 5.13 Å². The second-order valence-electron chi connectivity index (χ2n) is 9.65. The van der Waals surface area contributed by atoms with Crippen LogP contribution in [0.25, 0.3) is 17.3 Å². The van der Waals surface area contributed by atoms with Crippen LogP contribution in [0.4, 0.5) is 10.8 Å². The van der Waals surface area contributed by atoms with Crippen LogP contribution in [0.2, 0.25) is 10.0 Å². The maximum Gasteiger partial charge on any atom is 0.272 e. The Hall–Kier alpha value is -4.41. The number of benzene rings is 4. The molecule has 0 aliphatic rings. The minimum Gasteiger partial charge on any atom is -0.321 e. The Morgan fingerprint density at radius 3 is 2.24 bits per heavy atom. The molecule has 0 aliphatic heterocycles. The molecule has 3 N–H and O–H groups in total. The largest absolute Gasteiger partial charge is 0.321 e. The fourth-order valence-electron chi connectivity index (χ4n) is 4.08. The lowest BCUT2D eigenvalue weighted by Gasteiger charge is -2.13. The lowest BCUT2D eigenvalue weighted by Crippen LogP contribution is -2.30. The number of nitrogens with one attached hydrogen (secondary N) is 3. The van der Waals surface area contributed by atoms with Crippen molar-refractivity contribution in [3.8, 4) is 11.3 Å². The third kappa shape index (κ3) is 8.61. The van der Waals surface area contributed by atoms with E-state index in [0.717, 1.165) is 16.2 Å². The van der Waals surface area contributed by atoms with Crippen LogP contribution >= 0.6 is 46.3 Å². The van der Waals surface area contributed by atoms with Crippen molar-refractivity contribution in [3.05, 3.63) is 135 Å². The van der Waals surface area contributed by atoms with E-state index in [1.165, 1.54) is 29.2 Å². The Balaban J connectivity index is 1.23. The van der Waals surface area contributed by atoms with Crippen LogP contribution in [0, 0.1) is 0 Å². The van der Waals surface area contributed by atoms with E-state index in [-0.39, 0.29) is 16.6 Å². The zero-order chi connectivity index (χ0) is 31.8. The Bertz CT molecular complexity index is 1850. The number of halogens is 2. The van der Waals surface area contributed by atoms with Crippen LogP contribution in [0.5, 0.6) is 0 Å². The molecule has 0 saturated heterocycles. The monoisotopic (exact) mass is 672 g/mol. The van der Waals surface area contributed by atoms with E-state index in [4.69, 9.17) is 23.2 Å². The van der Waals surface area contributed by atoms with Crippen LogP contribution in [0.1, 0.15) is 22.8 Å². The molecule has 0 spiro atoms. The molecule has 45 heavy (non-hydrogen) atoms. The summed E-state index contributed by atoms with van der Waals surface area (Å²) in [4.78, 5) is 44.5. The SMILES string of the molecule is CC(Sc1ccc(NC(=O)/C(=C/c2cccc(Cl)c2Cl)NC(=O)c2ccccc2)cc1)C(=O)Nc1nc(-c2ccccc2)cs1. The summed E-state index contributed by atoms with van der Waals surface area (Å²) >= 11 is 15.3. The number of hydrogen-bond donors (Lipinski definition) is 3. The van der Waals surface area contributed by atoms with Crippen molar-refractivity contribution < 1.29 is 14.4 Å². The lowest BCUT2D eigenvalue weighted by molar-refractivity contribution is -0.115. The third-order valence-corrected chi connectivity index (χ3v) is 9.11. The summed E-state index contributed by atoms with van der Waals surface area (Å²) in [6.07, 6.45) is 1.47. The first kappa shape index (κ1) is 32.0. The topological polar surface area (TPSA) is 100 Å². The molecule has 0 radical (unpaired) electrons. The van der Waals surface area contributed by atoms with Gasteiger partial charge in [-0.3, -0.25) is 14.4 Å². The summed E-state index contributed by atoms with van der Waals surface area (Å²) in [6.45, 7) is 1.81. The standard InChI is InChI=1S/C34H26Cl2N4O3S2/c1-21(31(41)40-34-39-29(20-44-34)22-9-4-2-5-10-22)45-26-17-15-25(16-18-26)37-33(43)28(19-24-13-8-14-27(35)30(24)36)38-32(42)23-11-6-3-7-12-23/h2-21H,1H3,(H,37,43)(H,38,42)(H,39,40,41)/b28-19-. The molecule has 0 saturated carbocycles. The molecule has 5 aromatic rings. The predicted octanol–water partition coefficient (Wildman–Crippen LogP) is 8.65. The minimum absolute atomic E-state index is 0.0191. The van der Waals surface area contributed by atoms with Crippen molar-refractivity contribution in [2.75, 3.05) is 10.6 Å². The van der Waals surface area contributed by atoms with Gasteiger partial charge in [-0.15, -0.1) is 23.1 Å². The van der Waals surface area contributed by atoms with Gasteiger partial charge in [-0.1, -0.05) is 83.9 Å². The number of carbonyl (C=O) groups is 3. The number of nitrogens with zero attached hydrogens (tertiary/aromatic N) is 1. The molecule has 0 fully saturated rings. The van der Waals surface area contributed by atoms with E-state index in [2.05, 4.69) is 20.9 Å². The number of hydrogen-bond acceptors (Lipinski definition) is 6. The van der Waals surface area contributed by atoms with E-state index < -0.39 is 17.1 Å². The van der Waals surface area contributed by atoms with Crippen molar-refractivity contribution in [1.82, 2.24) is 10.3 Å². The summed E-state index contributed by atoms with van der Waals surface area (Å²) in [6, 6.07) is 30.4. The second kappa shape index (κ2) is 15.0. The van der Waals surface area contributed by atoms with Gasteiger partial charge in [0.25, 0.3) is 11.8 Å². The molecule has 5 rings (SSSR count). The van der Waals surface area contributed by atoms with Gasteiger partial charge in [-0.25, -0.2) is 4.98 Å². The van der Waals surface area contributed by atoms with Crippen LogP contribution in [-0.4, -0.2) is 28.0 Å². The summed E-state index contributed by atoms with van der Waals surface area (Å²) < 4.78 is 0. The fraction of sp³-hybridized carbons (Fsp3) is 0.0588. The Kier molecular flexibility index (Phi) is 10.7. The maximum atomic E-state index is 13.4. The van der Waals surface area contributed by atoms with Gasteiger partial charge in [0.1, 0.15) is 5.70 Å². The highest BCUT2D eigenvalue weighted by atomic mass is 35.5. The van der Waals surface area contributed by atoms with Crippen LogP contribution < -0.4 is 16.0 Å². The highest BCUT2D eigenvalue weighted by Gasteiger charge is 2.18. The van der Waals surface area contributed by atoms with Crippen molar-refractivity contribution in [2.24, 2.45) is 0 Å². The predicted molar refractivity (Wildman–Crippen MR) is 185 cm³/mol. The lowest BCUT2D eigenvalue weighted by atomic mass is 10.1. The number of anilines is 2. The minimum atomic E-state index is -0.554. The number of thioether (sulfide) groups is 1. The fourth-order valence-corrected chi connectivity index (χ4v) is 6.03. The van der Waals surface area contributed by atoms with E-state index >= 15 is 0 Å². The molecule has 7 nitrogen and oxygen atoms in total. The summed E-state index contributed by atoms with van der Waals surface area (Å²) in [5.74, 6) is -1.18. The van der Waals surface area contributed by atoms with Gasteiger partial charge in [0.05, 0.1) is 21.0 Å². The number of aromatic nitrogens is 1. The zero-order valence-electron chi connectivity index (χ0n) is 23.8. The number of rotatable bonds is 10. The highest BCUT2D eigenvalue weighted by Crippen LogP contribution is 2.29. The number of amides is 3. The summed E-state index contributed by atoms with van der Waals surface area (Å²) in [7, 11) is 0. The molecule has 3 amide bonds. The van der Waals surface area contributed by atoms with Gasteiger partial charge in [-0.05, 0) is 61.0 Å².